The fraction of sp³-hybridized carbons (Fsp3) is 0.353. The number of ether oxygens (including phenoxy) is 1. The number of rotatable bonds is 6. The molecule has 0 fully saturated rings. The van der Waals surface area contributed by atoms with E-state index in [-0.39, 0.29) is 17.9 Å². The summed E-state index contributed by atoms with van der Waals surface area (Å²) in [5, 5.41) is 2.87. The highest BCUT2D eigenvalue weighted by atomic mass is 16.5. The topological polar surface area (TPSA) is 73.2 Å². The Hall–Kier alpha value is -2.63. The smallest absolute Gasteiger partial charge is 0.347 e. The molecule has 0 aliphatic rings. The van der Waals surface area contributed by atoms with Gasteiger partial charge in [-0.3, -0.25) is 9.36 Å². The molecule has 122 valence electrons. The lowest BCUT2D eigenvalue weighted by atomic mass is 9.84. The van der Waals surface area contributed by atoms with E-state index in [9.17, 15) is 9.59 Å². The lowest BCUT2D eigenvalue weighted by Crippen LogP contribution is -2.40. The molecule has 0 atom stereocenters. The Morgan fingerprint density at radius 2 is 2.04 bits per heavy atom. The Kier molecular flexibility index (Phi) is 5.16. The Labute approximate surface area is 135 Å². The van der Waals surface area contributed by atoms with Crippen LogP contribution in [0.15, 0.2) is 47.5 Å². The maximum absolute atomic E-state index is 12.1. The lowest BCUT2D eigenvalue weighted by Gasteiger charge is -2.27. The minimum absolute atomic E-state index is 0.0469. The molecule has 0 unspecified atom stereocenters. The van der Waals surface area contributed by atoms with Crippen molar-refractivity contribution >= 4 is 5.91 Å². The van der Waals surface area contributed by atoms with Gasteiger partial charge in [0.2, 0.25) is 5.91 Å². The Morgan fingerprint density at radius 3 is 2.74 bits per heavy atom. The van der Waals surface area contributed by atoms with Crippen LogP contribution in [0.4, 0.5) is 0 Å². The van der Waals surface area contributed by atoms with E-state index in [1.807, 2.05) is 38.1 Å². The number of benzene rings is 1. The van der Waals surface area contributed by atoms with Crippen molar-refractivity contribution in [3.8, 4) is 5.75 Å². The van der Waals surface area contributed by atoms with E-state index in [4.69, 9.17) is 4.74 Å². The lowest BCUT2D eigenvalue weighted by molar-refractivity contribution is -0.122. The van der Waals surface area contributed by atoms with Crippen LogP contribution in [0.3, 0.4) is 0 Å². The molecule has 1 N–H and O–H groups in total. The van der Waals surface area contributed by atoms with Crippen molar-refractivity contribution in [2.45, 2.75) is 25.8 Å². The van der Waals surface area contributed by atoms with Gasteiger partial charge < -0.3 is 10.1 Å². The van der Waals surface area contributed by atoms with Crippen LogP contribution in [0, 0.1) is 0 Å². The molecule has 0 saturated carbocycles. The molecular weight excluding hydrogens is 294 g/mol. The van der Waals surface area contributed by atoms with Gasteiger partial charge in [0, 0.05) is 29.9 Å². The molecule has 6 heteroatoms. The zero-order chi connectivity index (χ0) is 16.9. The van der Waals surface area contributed by atoms with Crippen molar-refractivity contribution in [2.24, 2.45) is 0 Å². The minimum Gasteiger partial charge on any atom is -0.496 e. The third-order valence-corrected chi connectivity index (χ3v) is 3.66. The predicted octanol–water partition coefficient (Wildman–Crippen LogP) is 1.35. The summed E-state index contributed by atoms with van der Waals surface area (Å²) in [6.45, 7) is 4.44. The average Bonchev–Trinajstić information content (AvgIpc) is 2.55. The van der Waals surface area contributed by atoms with Crippen LogP contribution in [0.5, 0.6) is 5.75 Å². The van der Waals surface area contributed by atoms with E-state index in [0.29, 0.717) is 6.54 Å². The standard InChI is InChI=1S/C17H21N3O3/c1-17(2,13-7-4-5-8-14(13)23-3)12-19-15(21)11-20-10-6-9-18-16(20)22/h4-10H,11-12H2,1-3H3,(H,19,21). The van der Waals surface area contributed by atoms with Crippen LogP contribution in [0.2, 0.25) is 0 Å². The molecule has 2 rings (SSSR count). The highest BCUT2D eigenvalue weighted by Gasteiger charge is 2.24. The molecule has 23 heavy (non-hydrogen) atoms. The molecule has 6 nitrogen and oxygen atoms in total. The molecular formula is C17H21N3O3. The first kappa shape index (κ1) is 16.7. The fourth-order valence-corrected chi connectivity index (χ4v) is 2.34. The average molecular weight is 315 g/mol. The van der Waals surface area contributed by atoms with Crippen molar-refractivity contribution < 1.29 is 9.53 Å². The third-order valence-electron chi connectivity index (χ3n) is 3.66. The summed E-state index contributed by atoms with van der Waals surface area (Å²) in [6, 6.07) is 9.35. The quantitative estimate of drug-likeness (QED) is 0.873. The second-order valence-corrected chi connectivity index (χ2v) is 5.89. The van der Waals surface area contributed by atoms with Gasteiger partial charge in [-0.05, 0) is 12.1 Å². The number of para-hydroxylation sites is 1. The molecule has 0 radical (unpaired) electrons. The summed E-state index contributed by atoms with van der Waals surface area (Å²) in [5.41, 5.74) is 0.273. The van der Waals surface area contributed by atoms with Crippen LogP contribution in [-0.2, 0) is 16.8 Å². The van der Waals surface area contributed by atoms with Crippen LogP contribution in [0.25, 0.3) is 0 Å². The highest BCUT2D eigenvalue weighted by Crippen LogP contribution is 2.30. The number of hydrogen-bond acceptors (Lipinski definition) is 4. The van der Waals surface area contributed by atoms with E-state index in [1.54, 1.807) is 19.4 Å². The molecule has 0 bridgehead atoms. The second-order valence-electron chi connectivity index (χ2n) is 5.89. The van der Waals surface area contributed by atoms with Crippen LogP contribution in [-0.4, -0.2) is 29.1 Å². The Bertz CT molecular complexity index is 738. The van der Waals surface area contributed by atoms with Gasteiger partial charge in [-0.1, -0.05) is 32.0 Å². The van der Waals surface area contributed by atoms with Gasteiger partial charge in [0.15, 0.2) is 0 Å². The number of carbonyl (C=O) groups is 1. The Balaban J connectivity index is 2.03. The number of nitrogens with zero attached hydrogens (tertiary/aromatic N) is 2. The summed E-state index contributed by atoms with van der Waals surface area (Å²) in [7, 11) is 1.63. The van der Waals surface area contributed by atoms with E-state index in [2.05, 4.69) is 10.3 Å². The van der Waals surface area contributed by atoms with Gasteiger partial charge in [-0.15, -0.1) is 0 Å². The van der Waals surface area contributed by atoms with Crippen molar-refractivity contribution in [1.29, 1.82) is 0 Å². The largest absolute Gasteiger partial charge is 0.496 e. The maximum atomic E-state index is 12.1. The van der Waals surface area contributed by atoms with Crippen molar-refractivity contribution in [2.75, 3.05) is 13.7 Å². The van der Waals surface area contributed by atoms with Crippen LogP contribution in [0.1, 0.15) is 19.4 Å². The van der Waals surface area contributed by atoms with Crippen molar-refractivity contribution in [3.05, 3.63) is 58.8 Å². The molecule has 1 heterocycles. The number of carbonyl (C=O) groups excluding carboxylic acids is 1. The van der Waals surface area contributed by atoms with Gasteiger partial charge in [-0.25, -0.2) is 9.78 Å². The summed E-state index contributed by atoms with van der Waals surface area (Å²) < 4.78 is 6.65. The van der Waals surface area contributed by atoms with E-state index < -0.39 is 5.69 Å². The van der Waals surface area contributed by atoms with E-state index in [0.717, 1.165) is 11.3 Å². The second kappa shape index (κ2) is 7.09. The number of aromatic nitrogens is 2. The zero-order valence-electron chi connectivity index (χ0n) is 13.6. The van der Waals surface area contributed by atoms with Gasteiger partial charge in [0.1, 0.15) is 12.3 Å². The summed E-state index contributed by atoms with van der Waals surface area (Å²) in [5.74, 6) is 0.554. The third kappa shape index (κ3) is 4.18. The minimum atomic E-state index is -0.438. The fourth-order valence-electron chi connectivity index (χ4n) is 2.34. The molecule has 0 aliphatic heterocycles. The van der Waals surface area contributed by atoms with Gasteiger partial charge >= 0.3 is 5.69 Å². The van der Waals surface area contributed by atoms with E-state index in [1.165, 1.54) is 10.8 Å². The van der Waals surface area contributed by atoms with Gasteiger partial charge in [0.05, 0.1) is 7.11 Å². The summed E-state index contributed by atoms with van der Waals surface area (Å²) >= 11 is 0. The first-order valence-electron chi connectivity index (χ1n) is 7.36. The number of methoxy groups -OCH3 is 1. The first-order valence-corrected chi connectivity index (χ1v) is 7.36. The van der Waals surface area contributed by atoms with Crippen LogP contribution < -0.4 is 15.7 Å². The number of amides is 1. The SMILES string of the molecule is COc1ccccc1C(C)(C)CNC(=O)Cn1cccnc1=O. The highest BCUT2D eigenvalue weighted by molar-refractivity contribution is 5.75. The molecule has 1 amide bonds. The number of hydrogen-bond donors (Lipinski definition) is 1. The maximum Gasteiger partial charge on any atom is 0.347 e. The first-order chi connectivity index (χ1) is 10.9. The molecule has 0 spiro atoms. The van der Waals surface area contributed by atoms with Gasteiger partial charge in [0.25, 0.3) is 0 Å². The zero-order valence-corrected chi connectivity index (χ0v) is 13.6. The van der Waals surface area contributed by atoms with Crippen molar-refractivity contribution in [3.63, 3.8) is 0 Å². The Morgan fingerprint density at radius 1 is 1.30 bits per heavy atom. The normalized spacial score (nSPS) is 11.1. The van der Waals surface area contributed by atoms with E-state index >= 15 is 0 Å². The monoisotopic (exact) mass is 315 g/mol. The number of nitrogens with one attached hydrogen (secondary N) is 1. The summed E-state index contributed by atoms with van der Waals surface area (Å²) in [4.78, 5) is 27.2. The molecule has 1 aromatic carbocycles. The van der Waals surface area contributed by atoms with Crippen molar-refractivity contribution in [1.82, 2.24) is 14.9 Å². The molecule has 0 aliphatic carbocycles. The van der Waals surface area contributed by atoms with Crippen LogP contribution >= 0.6 is 0 Å². The summed E-state index contributed by atoms with van der Waals surface area (Å²) in [6.07, 6.45) is 2.95. The molecule has 1 aromatic heterocycles. The van der Waals surface area contributed by atoms with Gasteiger partial charge in [-0.2, -0.15) is 0 Å². The molecule has 0 saturated heterocycles. The predicted molar refractivity (Wildman–Crippen MR) is 87.5 cm³/mol. The molecule has 2 aromatic rings.